The third-order valence-electron chi connectivity index (χ3n) is 2.36. The predicted molar refractivity (Wildman–Crippen MR) is 70.7 cm³/mol. The molecule has 0 aliphatic rings. The normalized spacial score (nSPS) is 12.4. The van der Waals surface area contributed by atoms with Crippen LogP contribution in [0.1, 0.15) is 11.3 Å². The van der Waals surface area contributed by atoms with Crippen molar-refractivity contribution in [2.75, 3.05) is 0 Å². The monoisotopic (exact) mass is 333 g/mol. The third kappa shape index (κ3) is 3.12. The summed E-state index contributed by atoms with van der Waals surface area (Å²) in [6.45, 7) is 0.122. The standard InChI is InChI=1S/C11H8BBrF3NO2/c12-18-5-17-4-8-2-6-1-7(13)3-9(10(6)19-8)11(14,15)16/h1-3,5H,4,12H2. The highest BCUT2D eigenvalue weighted by Gasteiger charge is 2.34. The van der Waals surface area contributed by atoms with Gasteiger partial charge in [0, 0.05) is 9.86 Å². The van der Waals surface area contributed by atoms with E-state index in [4.69, 9.17) is 4.42 Å². The van der Waals surface area contributed by atoms with Gasteiger partial charge in [-0.15, -0.1) is 0 Å². The van der Waals surface area contributed by atoms with Gasteiger partial charge in [-0.2, -0.15) is 13.2 Å². The number of alkyl halides is 3. The molecular weight excluding hydrogens is 326 g/mol. The second-order valence-electron chi connectivity index (χ2n) is 3.76. The van der Waals surface area contributed by atoms with Crippen LogP contribution in [0, 0.1) is 0 Å². The lowest BCUT2D eigenvalue weighted by Crippen LogP contribution is -2.05. The summed E-state index contributed by atoms with van der Waals surface area (Å²) in [4.78, 5) is 3.84. The minimum absolute atomic E-state index is 0.122. The third-order valence-corrected chi connectivity index (χ3v) is 2.82. The zero-order chi connectivity index (χ0) is 14.0. The summed E-state index contributed by atoms with van der Waals surface area (Å²) in [6, 6.07) is 4.09. The molecule has 0 saturated carbocycles. The summed E-state index contributed by atoms with van der Waals surface area (Å²) in [6.07, 6.45) is -3.26. The first kappa shape index (κ1) is 14.0. The van der Waals surface area contributed by atoms with Crippen LogP contribution in [0.25, 0.3) is 11.0 Å². The van der Waals surface area contributed by atoms with Crippen LogP contribution in [0.15, 0.2) is 32.1 Å². The van der Waals surface area contributed by atoms with Crippen molar-refractivity contribution in [3.8, 4) is 0 Å². The van der Waals surface area contributed by atoms with Gasteiger partial charge in [0.05, 0.1) is 5.56 Å². The van der Waals surface area contributed by atoms with Gasteiger partial charge in [0.25, 0.3) is 0 Å². The first-order valence-corrected chi connectivity index (χ1v) is 6.01. The first-order valence-electron chi connectivity index (χ1n) is 5.22. The van der Waals surface area contributed by atoms with E-state index in [1.54, 1.807) is 6.07 Å². The summed E-state index contributed by atoms with van der Waals surface area (Å²) in [5.74, 6) is 0.340. The lowest BCUT2D eigenvalue weighted by Gasteiger charge is -2.07. The Morgan fingerprint density at radius 1 is 1.37 bits per heavy atom. The zero-order valence-electron chi connectivity index (χ0n) is 9.79. The van der Waals surface area contributed by atoms with Crippen molar-refractivity contribution in [1.82, 2.24) is 0 Å². The molecule has 0 radical (unpaired) electrons. The SMILES string of the molecule is BOC=NCc1cc2cc(Br)cc(C(F)(F)F)c2o1. The molecule has 1 aromatic heterocycles. The number of halogens is 4. The molecule has 0 fully saturated rings. The van der Waals surface area contributed by atoms with E-state index in [9.17, 15) is 13.2 Å². The fourth-order valence-electron chi connectivity index (χ4n) is 1.66. The van der Waals surface area contributed by atoms with Crippen molar-refractivity contribution in [2.45, 2.75) is 12.7 Å². The summed E-state index contributed by atoms with van der Waals surface area (Å²) in [5, 5.41) is 0.379. The Bertz CT molecular complexity index is 624. The Hall–Kier alpha value is -1.44. The topological polar surface area (TPSA) is 34.7 Å². The highest BCUT2D eigenvalue weighted by Crippen LogP contribution is 2.38. The average molecular weight is 334 g/mol. The number of hydrogen-bond donors (Lipinski definition) is 0. The van der Waals surface area contributed by atoms with Gasteiger partial charge in [-0.3, -0.25) is 4.99 Å². The maximum absolute atomic E-state index is 12.9. The largest absolute Gasteiger partial charge is 0.560 e. The molecular formula is C11H8BBrF3NO2. The van der Waals surface area contributed by atoms with Crippen molar-refractivity contribution in [1.29, 1.82) is 0 Å². The van der Waals surface area contributed by atoms with Crippen LogP contribution in [0.2, 0.25) is 0 Å². The zero-order valence-corrected chi connectivity index (χ0v) is 11.4. The fourth-order valence-corrected chi connectivity index (χ4v) is 2.14. The van der Waals surface area contributed by atoms with Gasteiger partial charge in [0.2, 0.25) is 0 Å². The van der Waals surface area contributed by atoms with Gasteiger partial charge in [0.15, 0.2) is 6.40 Å². The summed E-state index contributed by atoms with van der Waals surface area (Å²) in [5.41, 5.74) is -0.989. The fraction of sp³-hybridized carbons (Fsp3) is 0.182. The molecule has 0 atom stereocenters. The maximum Gasteiger partial charge on any atom is 0.420 e. The quantitative estimate of drug-likeness (QED) is 0.490. The van der Waals surface area contributed by atoms with Gasteiger partial charge < -0.3 is 9.07 Å². The molecule has 0 unspecified atom stereocenters. The van der Waals surface area contributed by atoms with Crippen LogP contribution < -0.4 is 0 Å². The van der Waals surface area contributed by atoms with E-state index in [0.717, 1.165) is 6.07 Å². The van der Waals surface area contributed by atoms with Crippen LogP contribution in [0.4, 0.5) is 13.2 Å². The highest BCUT2D eigenvalue weighted by atomic mass is 79.9. The van der Waals surface area contributed by atoms with Crippen LogP contribution in [-0.4, -0.2) is 14.4 Å². The number of benzene rings is 1. The van der Waals surface area contributed by atoms with E-state index in [1.807, 2.05) is 0 Å². The molecule has 0 aliphatic carbocycles. The Morgan fingerprint density at radius 3 is 2.74 bits per heavy atom. The van der Waals surface area contributed by atoms with Crippen LogP contribution in [0.3, 0.4) is 0 Å². The number of aliphatic imine (C=N–C) groups is 1. The van der Waals surface area contributed by atoms with Gasteiger partial charge in [0.1, 0.15) is 17.9 Å². The average Bonchev–Trinajstić information content (AvgIpc) is 2.69. The van der Waals surface area contributed by atoms with E-state index >= 15 is 0 Å². The lowest BCUT2D eigenvalue weighted by molar-refractivity contribution is -0.136. The number of furan rings is 1. The van der Waals surface area contributed by atoms with Gasteiger partial charge in [-0.25, -0.2) is 0 Å². The molecule has 0 N–H and O–H groups in total. The molecule has 19 heavy (non-hydrogen) atoms. The predicted octanol–water partition coefficient (Wildman–Crippen LogP) is 3.31. The minimum Gasteiger partial charge on any atom is -0.560 e. The van der Waals surface area contributed by atoms with Crippen LogP contribution in [0.5, 0.6) is 0 Å². The van der Waals surface area contributed by atoms with E-state index in [0.29, 0.717) is 15.6 Å². The molecule has 0 amide bonds. The van der Waals surface area contributed by atoms with Crippen molar-refractivity contribution >= 4 is 41.3 Å². The van der Waals surface area contributed by atoms with E-state index in [1.165, 1.54) is 20.5 Å². The number of nitrogens with zero attached hydrogens (tertiary/aromatic N) is 1. The van der Waals surface area contributed by atoms with Crippen LogP contribution >= 0.6 is 15.9 Å². The van der Waals surface area contributed by atoms with E-state index in [2.05, 4.69) is 25.6 Å². The van der Waals surface area contributed by atoms with Gasteiger partial charge in [-0.1, -0.05) is 15.9 Å². The molecule has 2 aromatic rings. The van der Waals surface area contributed by atoms with Gasteiger partial charge in [-0.05, 0) is 18.2 Å². The number of rotatable bonds is 3. The molecule has 3 nitrogen and oxygen atoms in total. The summed E-state index contributed by atoms with van der Waals surface area (Å²) < 4.78 is 48.8. The van der Waals surface area contributed by atoms with Gasteiger partial charge >= 0.3 is 14.2 Å². The molecule has 0 aliphatic heterocycles. The second kappa shape index (κ2) is 5.28. The van der Waals surface area contributed by atoms with Crippen molar-refractivity contribution < 1.29 is 22.2 Å². The molecule has 1 aromatic carbocycles. The minimum atomic E-state index is -4.47. The molecule has 1 heterocycles. The molecule has 0 spiro atoms. The maximum atomic E-state index is 12.9. The Balaban J connectivity index is 2.49. The Kier molecular flexibility index (Phi) is 3.89. The molecule has 0 saturated heterocycles. The highest BCUT2D eigenvalue weighted by molar-refractivity contribution is 9.10. The summed E-state index contributed by atoms with van der Waals surface area (Å²) >= 11 is 3.06. The first-order chi connectivity index (χ1) is 8.91. The molecule has 0 bridgehead atoms. The number of fused-ring (bicyclic) bond motifs is 1. The van der Waals surface area contributed by atoms with E-state index < -0.39 is 11.7 Å². The molecule has 2 rings (SSSR count). The van der Waals surface area contributed by atoms with Crippen molar-refractivity contribution in [2.24, 2.45) is 4.99 Å². The second-order valence-corrected chi connectivity index (χ2v) is 4.68. The van der Waals surface area contributed by atoms with Crippen molar-refractivity contribution in [3.63, 3.8) is 0 Å². The molecule has 8 heteroatoms. The van der Waals surface area contributed by atoms with Crippen molar-refractivity contribution in [3.05, 3.63) is 34.0 Å². The Morgan fingerprint density at radius 2 is 2.11 bits per heavy atom. The van der Waals surface area contributed by atoms with E-state index in [-0.39, 0.29) is 12.1 Å². The smallest absolute Gasteiger partial charge is 0.420 e. The molecule has 100 valence electrons. The Labute approximate surface area is 116 Å². The summed E-state index contributed by atoms with van der Waals surface area (Å²) in [7, 11) is 1.43. The number of hydrogen-bond acceptors (Lipinski definition) is 3. The van der Waals surface area contributed by atoms with Crippen LogP contribution in [-0.2, 0) is 17.4 Å². The lowest BCUT2D eigenvalue weighted by atomic mass is 10.1.